The molecule has 0 spiro atoms. The Morgan fingerprint density at radius 2 is 1.52 bits per heavy atom. The molecule has 0 saturated heterocycles. The highest BCUT2D eigenvalue weighted by Gasteiger charge is 2.32. The van der Waals surface area contributed by atoms with Crippen molar-refractivity contribution in [2.45, 2.75) is 13.0 Å². The van der Waals surface area contributed by atoms with Crippen LogP contribution in [0.1, 0.15) is 22.7 Å². The van der Waals surface area contributed by atoms with Crippen molar-refractivity contribution in [1.29, 1.82) is 0 Å². The van der Waals surface area contributed by atoms with Crippen molar-refractivity contribution < 1.29 is 4.79 Å². The minimum Gasteiger partial charge on any atom is -0.351 e. The average molecular weight is 400 g/mol. The van der Waals surface area contributed by atoms with Crippen molar-refractivity contribution in [3.05, 3.63) is 107 Å². The first-order valence-electron chi connectivity index (χ1n) is 9.42. The number of carbonyl (C=O) groups excluding carboxylic acids is 1. The molecule has 1 atom stereocenters. The molecule has 1 heterocycles. The lowest BCUT2D eigenvalue weighted by molar-refractivity contribution is -0.113. The van der Waals surface area contributed by atoms with Crippen molar-refractivity contribution in [3.8, 4) is 0 Å². The summed E-state index contributed by atoms with van der Waals surface area (Å²) in [6, 6.07) is 27.0. The zero-order valence-electron chi connectivity index (χ0n) is 16.0. The van der Waals surface area contributed by atoms with Gasteiger partial charge in [0, 0.05) is 5.69 Å². The number of thiocarbonyl (C=S) groups is 1. The molecule has 0 fully saturated rings. The fourth-order valence-electron chi connectivity index (χ4n) is 3.37. The zero-order valence-corrected chi connectivity index (χ0v) is 16.8. The van der Waals surface area contributed by atoms with Crippen LogP contribution in [-0.4, -0.2) is 11.0 Å². The van der Waals surface area contributed by atoms with Crippen LogP contribution < -0.4 is 16.0 Å². The summed E-state index contributed by atoms with van der Waals surface area (Å²) in [4.78, 5) is 13.4. The van der Waals surface area contributed by atoms with Crippen LogP contribution >= 0.6 is 12.2 Å². The van der Waals surface area contributed by atoms with Gasteiger partial charge in [-0.05, 0) is 42.4 Å². The van der Waals surface area contributed by atoms with Crippen LogP contribution in [-0.2, 0) is 4.79 Å². The Balaban J connectivity index is 1.81. The van der Waals surface area contributed by atoms with Gasteiger partial charge >= 0.3 is 0 Å². The predicted molar refractivity (Wildman–Crippen MR) is 121 cm³/mol. The van der Waals surface area contributed by atoms with Crippen LogP contribution in [0.2, 0.25) is 0 Å². The molecule has 3 aromatic carbocycles. The Morgan fingerprint density at radius 1 is 0.897 bits per heavy atom. The molecule has 1 aliphatic heterocycles. The van der Waals surface area contributed by atoms with Gasteiger partial charge in [-0.1, -0.05) is 78.4 Å². The number of hydrogen-bond acceptors (Lipinski definition) is 2. The lowest BCUT2D eigenvalue weighted by Gasteiger charge is -2.31. The molecule has 0 aromatic heterocycles. The second-order valence-corrected chi connectivity index (χ2v) is 7.33. The molecule has 4 rings (SSSR count). The summed E-state index contributed by atoms with van der Waals surface area (Å²) in [6.45, 7) is 2.02. The topological polar surface area (TPSA) is 53.2 Å². The van der Waals surface area contributed by atoms with Gasteiger partial charge in [0.2, 0.25) is 0 Å². The highest BCUT2D eigenvalue weighted by atomic mass is 32.1. The molecule has 1 unspecified atom stereocenters. The van der Waals surface area contributed by atoms with Gasteiger partial charge in [0.15, 0.2) is 5.11 Å². The Bertz CT molecular complexity index is 1060. The Kier molecular flexibility index (Phi) is 5.40. The van der Waals surface area contributed by atoms with Crippen molar-refractivity contribution in [3.63, 3.8) is 0 Å². The zero-order chi connectivity index (χ0) is 20.2. The molecule has 29 heavy (non-hydrogen) atoms. The van der Waals surface area contributed by atoms with E-state index in [2.05, 4.69) is 16.0 Å². The quantitative estimate of drug-likeness (QED) is 0.563. The van der Waals surface area contributed by atoms with E-state index in [0.717, 1.165) is 22.4 Å². The van der Waals surface area contributed by atoms with Crippen molar-refractivity contribution in [1.82, 2.24) is 10.6 Å². The maximum Gasteiger partial charge on any atom is 0.256 e. The van der Waals surface area contributed by atoms with Gasteiger partial charge in [0.05, 0.1) is 17.3 Å². The monoisotopic (exact) mass is 399 g/mol. The highest BCUT2D eigenvalue weighted by Crippen LogP contribution is 2.32. The number of anilines is 1. The molecule has 3 N–H and O–H groups in total. The molecule has 0 radical (unpaired) electrons. The first kappa shape index (κ1) is 18.9. The summed E-state index contributed by atoms with van der Waals surface area (Å²) < 4.78 is 0. The van der Waals surface area contributed by atoms with Gasteiger partial charge < -0.3 is 16.0 Å². The summed E-state index contributed by atoms with van der Waals surface area (Å²) in [5.41, 5.74) is 5.08. The third-order valence-electron chi connectivity index (χ3n) is 4.82. The molecular weight excluding hydrogens is 378 g/mol. The minimum absolute atomic E-state index is 0.177. The molecular formula is C24H21N3OS. The number of rotatable bonds is 4. The van der Waals surface area contributed by atoms with E-state index in [-0.39, 0.29) is 11.9 Å². The summed E-state index contributed by atoms with van der Waals surface area (Å²) in [5, 5.41) is 9.98. The third kappa shape index (κ3) is 4.20. The summed E-state index contributed by atoms with van der Waals surface area (Å²) in [5.74, 6) is -0.177. The molecule has 144 valence electrons. The van der Waals surface area contributed by atoms with Gasteiger partial charge in [-0.15, -0.1) is 0 Å². The normalized spacial score (nSPS) is 16.0. The maximum absolute atomic E-state index is 13.4. The molecule has 3 aromatic rings. The number of aryl methyl sites for hydroxylation is 1. The molecule has 4 nitrogen and oxygen atoms in total. The summed E-state index contributed by atoms with van der Waals surface area (Å²) in [6.07, 6.45) is 0. The summed E-state index contributed by atoms with van der Waals surface area (Å²) >= 11 is 5.46. The van der Waals surface area contributed by atoms with Gasteiger partial charge in [0.25, 0.3) is 5.91 Å². The van der Waals surface area contributed by atoms with Gasteiger partial charge in [-0.2, -0.15) is 0 Å². The highest BCUT2D eigenvalue weighted by molar-refractivity contribution is 7.80. The van der Waals surface area contributed by atoms with Gasteiger partial charge in [-0.3, -0.25) is 4.79 Å². The van der Waals surface area contributed by atoms with Crippen LogP contribution in [0.4, 0.5) is 5.69 Å². The van der Waals surface area contributed by atoms with Crippen molar-refractivity contribution in [2.75, 3.05) is 5.32 Å². The van der Waals surface area contributed by atoms with Crippen LogP contribution in [0.5, 0.6) is 0 Å². The number of hydrogen-bond donors (Lipinski definition) is 3. The van der Waals surface area contributed by atoms with Gasteiger partial charge in [0.1, 0.15) is 0 Å². The maximum atomic E-state index is 13.4. The van der Waals surface area contributed by atoms with Crippen LogP contribution in [0.15, 0.2) is 90.5 Å². The smallest absolute Gasteiger partial charge is 0.256 e. The number of carbonyl (C=O) groups is 1. The molecule has 0 bridgehead atoms. The molecule has 1 amide bonds. The Hall–Kier alpha value is -3.44. The van der Waals surface area contributed by atoms with Crippen LogP contribution in [0.25, 0.3) is 5.70 Å². The van der Waals surface area contributed by atoms with E-state index >= 15 is 0 Å². The Morgan fingerprint density at radius 3 is 2.17 bits per heavy atom. The average Bonchev–Trinajstić information content (AvgIpc) is 2.76. The van der Waals surface area contributed by atoms with E-state index in [1.807, 2.05) is 91.9 Å². The van der Waals surface area contributed by atoms with E-state index < -0.39 is 0 Å². The largest absolute Gasteiger partial charge is 0.351 e. The number of nitrogens with one attached hydrogen (secondary N) is 3. The third-order valence-corrected chi connectivity index (χ3v) is 5.04. The van der Waals surface area contributed by atoms with E-state index in [9.17, 15) is 4.79 Å². The predicted octanol–water partition coefficient (Wildman–Crippen LogP) is 4.56. The molecule has 0 aliphatic carbocycles. The second kappa shape index (κ2) is 8.29. The van der Waals surface area contributed by atoms with Gasteiger partial charge in [-0.25, -0.2) is 0 Å². The Labute approximate surface area is 175 Å². The van der Waals surface area contributed by atoms with E-state index in [1.54, 1.807) is 0 Å². The van der Waals surface area contributed by atoms with Crippen LogP contribution in [0, 0.1) is 6.92 Å². The van der Waals surface area contributed by atoms with Crippen LogP contribution in [0.3, 0.4) is 0 Å². The lowest BCUT2D eigenvalue weighted by atomic mass is 9.92. The van der Waals surface area contributed by atoms with E-state index in [4.69, 9.17) is 12.2 Å². The standard InChI is InChI=1S/C24H21N3OS/c1-16-12-14-19(15-13-16)25-23(28)20-21(17-8-4-2-5-9-17)26-24(29)27-22(20)18-10-6-3-7-11-18/h2-15,21H,1H3,(H,25,28)(H2,26,27,29). The first-order valence-corrected chi connectivity index (χ1v) is 9.83. The summed E-state index contributed by atoms with van der Waals surface area (Å²) in [7, 11) is 0. The van der Waals surface area contributed by atoms with E-state index in [1.165, 1.54) is 0 Å². The minimum atomic E-state index is -0.356. The molecule has 1 aliphatic rings. The molecule has 0 saturated carbocycles. The first-order chi connectivity index (χ1) is 14.1. The number of benzene rings is 3. The number of amides is 1. The fraction of sp³-hybridized carbons (Fsp3) is 0.0833. The van der Waals surface area contributed by atoms with Crippen molar-refractivity contribution >= 4 is 34.6 Å². The lowest BCUT2D eigenvalue weighted by Crippen LogP contribution is -2.45. The SMILES string of the molecule is Cc1ccc(NC(=O)C2=C(c3ccccc3)NC(=S)NC2c2ccccc2)cc1. The van der Waals surface area contributed by atoms with Crippen molar-refractivity contribution in [2.24, 2.45) is 0 Å². The molecule has 5 heteroatoms. The van der Waals surface area contributed by atoms with E-state index in [0.29, 0.717) is 16.4 Å². The second-order valence-electron chi connectivity index (χ2n) is 6.92. The fourth-order valence-corrected chi connectivity index (χ4v) is 3.59.